The fraction of sp³-hybridized carbons (Fsp3) is 0.385. The quantitative estimate of drug-likeness (QED) is 0.842. The number of carboxylic acid groups (broad SMARTS) is 1. The van der Waals surface area contributed by atoms with Crippen molar-refractivity contribution in [2.24, 2.45) is 5.92 Å². The first-order valence-corrected chi connectivity index (χ1v) is 6.64. The number of aliphatic carboxylic acids is 1. The van der Waals surface area contributed by atoms with Crippen LogP contribution in [0.4, 0.5) is 4.39 Å². The number of amides is 1. The van der Waals surface area contributed by atoms with Gasteiger partial charge in [0.15, 0.2) is 0 Å². The molecule has 0 radical (unpaired) electrons. The molecule has 0 spiro atoms. The molecule has 1 atom stereocenters. The Morgan fingerprint density at radius 2 is 2.16 bits per heavy atom. The monoisotopic (exact) mass is 331 g/mol. The van der Waals surface area contributed by atoms with Gasteiger partial charge in [-0.2, -0.15) is 0 Å². The van der Waals surface area contributed by atoms with Crippen molar-refractivity contribution in [3.63, 3.8) is 0 Å². The number of rotatable bonds is 6. The average Bonchev–Trinajstić information content (AvgIpc) is 2.36. The average molecular weight is 332 g/mol. The lowest BCUT2D eigenvalue weighted by atomic mass is 10.1. The predicted octanol–water partition coefficient (Wildman–Crippen LogP) is 2.82. The molecule has 2 N–H and O–H groups in total. The molecule has 6 heteroatoms. The second-order valence-electron chi connectivity index (χ2n) is 4.37. The predicted molar refractivity (Wildman–Crippen MR) is 72.5 cm³/mol. The fourth-order valence-electron chi connectivity index (χ4n) is 1.51. The van der Waals surface area contributed by atoms with Crippen molar-refractivity contribution in [2.75, 3.05) is 6.54 Å². The van der Waals surface area contributed by atoms with E-state index in [2.05, 4.69) is 21.2 Å². The SMILES string of the molecule is CC(CCC(=O)O)CNC(=O)c1cc(Br)ccc1F. The normalized spacial score (nSPS) is 11.9. The Hall–Kier alpha value is -1.43. The number of carbonyl (C=O) groups excluding carboxylic acids is 1. The van der Waals surface area contributed by atoms with Crippen LogP contribution in [0.3, 0.4) is 0 Å². The summed E-state index contributed by atoms with van der Waals surface area (Å²) in [5.74, 6) is -1.92. The van der Waals surface area contributed by atoms with E-state index in [0.29, 0.717) is 17.4 Å². The van der Waals surface area contributed by atoms with Crippen molar-refractivity contribution in [1.29, 1.82) is 0 Å². The van der Waals surface area contributed by atoms with Crippen molar-refractivity contribution in [2.45, 2.75) is 19.8 Å². The minimum absolute atomic E-state index is 0.0234. The summed E-state index contributed by atoms with van der Waals surface area (Å²) < 4.78 is 14.1. The van der Waals surface area contributed by atoms with E-state index in [1.807, 2.05) is 6.92 Å². The summed E-state index contributed by atoms with van der Waals surface area (Å²) in [5, 5.41) is 11.1. The molecule has 1 amide bonds. The van der Waals surface area contributed by atoms with Crippen LogP contribution in [-0.2, 0) is 4.79 Å². The second-order valence-corrected chi connectivity index (χ2v) is 5.29. The third-order valence-electron chi connectivity index (χ3n) is 2.64. The van der Waals surface area contributed by atoms with Crippen LogP contribution in [0.2, 0.25) is 0 Å². The Labute approximate surface area is 119 Å². The molecule has 0 aromatic heterocycles. The summed E-state index contributed by atoms with van der Waals surface area (Å²) in [7, 11) is 0. The lowest BCUT2D eigenvalue weighted by Crippen LogP contribution is -2.29. The van der Waals surface area contributed by atoms with Gasteiger partial charge in [-0.15, -0.1) is 0 Å². The molecule has 0 aliphatic heterocycles. The molecule has 0 aliphatic carbocycles. The van der Waals surface area contributed by atoms with Gasteiger partial charge in [-0.1, -0.05) is 22.9 Å². The van der Waals surface area contributed by atoms with Crippen LogP contribution in [0.1, 0.15) is 30.1 Å². The lowest BCUT2D eigenvalue weighted by molar-refractivity contribution is -0.137. The van der Waals surface area contributed by atoms with Crippen LogP contribution < -0.4 is 5.32 Å². The molecule has 19 heavy (non-hydrogen) atoms. The number of carbonyl (C=O) groups is 2. The summed E-state index contributed by atoms with van der Waals surface area (Å²) in [6.07, 6.45) is 0.527. The van der Waals surface area contributed by atoms with Crippen molar-refractivity contribution in [1.82, 2.24) is 5.32 Å². The van der Waals surface area contributed by atoms with Gasteiger partial charge in [0.05, 0.1) is 5.56 Å². The Kier molecular flexibility index (Phi) is 5.95. The number of hydrogen-bond donors (Lipinski definition) is 2. The zero-order chi connectivity index (χ0) is 14.4. The minimum Gasteiger partial charge on any atom is -0.481 e. The standard InChI is InChI=1S/C13H15BrFNO3/c1-8(2-5-12(17)18)7-16-13(19)10-6-9(14)3-4-11(10)15/h3-4,6,8H,2,5,7H2,1H3,(H,16,19)(H,17,18). The van der Waals surface area contributed by atoms with E-state index in [1.165, 1.54) is 18.2 Å². The van der Waals surface area contributed by atoms with Gasteiger partial charge in [-0.3, -0.25) is 9.59 Å². The zero-order valence-electron chi connectivity index (χ0n) is 10.5. The Morgan fingerprint density at radius 1 is 1.47 bits per heavy atom. The summed E-state index contributed by atoms with van der Waals surface area (Å²) in [4.78, 5) is 22.2. The van der Waals surface area contributed by atoms with E-state index >= 15 is 0 Å². The maximum atomic E-state index is 13.4. The van der Waals surface area contributed by atoms with E-state index in [0.717, 1.165) is 0 Å². The number of nitrogens with one attached hydrogen (secondary N) is 1. The maximum absolute atomic E-state index is 13.4. The molecular weight excluding hydrogens is 317 g/mol. The Bertz CT molecular complexity index is 479. The van der Waals surface area contributed by atoms with E-state index in [1.54, 1.807) is 0 Å². The molecule has 1 rings (SSSR count). The van der Waals surface area contributed by atoms with E-state index in [9.17, 15) is 14.0 Å². The lowest BCUT2D eigenvalue weighted by Gasteiger charge is -2.12. The molecule has 0 saturated heterocycles. The smallest absolute Gasteiger partial charge is 0.303 e. The molecule has 1 aromatic carbocycles. The van der Waals surface area contributed by atoms with Crippen LogP contribution in [0, 0.1) is 11.7 Å². The first kappa shape index (κ1) is 15.6. The zero-order valence-corrected chi connectivity index (χ0v) is 12.0. The highest BCUT2D eigenvalue weighted by Crippen LogP contribution is 2.15. The number of halogens is 2. The van der Waals surface area contributed by atoms with E-state index in [4.69, 9.17) is 5.11 Å². The number of benzene rings is 1. The number of hydrogen-bond acceptors (Lipinski definition) is 2. The van der Waals surface area contributed by atoms with Gasteiger partial charge in [0.25, 0.3) is 5.91 Å². The van der Waals surface area contributed by atoms with Gasteiger partial charge < -0.3 is 10.4 Å². The van der Waals surface area contributed by atoms with Gasteiger partial charge in [-0.25, -0.2) is 4.39 Å². The number of carboxylic acids is 1. The van der Waals surface area contributed by atoms with E-state index < -0.39 is 17.7 Å². The van der Waals surface area contributed by atoms with Gasteiger partial charge in [0, 0.05) is 17.4 Å². The van der Waals surface area contributed by atoms with Gasteiger partial charge in [-0.05, 0) is 30.5 Å². The first-order valence-electron chi connectivity index (χ1n) is 5.85. The molecular formula is C13H15BrFNO3. The first-order chi connectivity index (χ1) is 8.90. The fourth-order valence-corrected chi connectivity index (χ4v) is 1.87. The Morgan fingerprint density at radius 3 is 2.79 bits per heavy atom. The molecule has 104 valence electrons. The third kappa shape index (κ3) is 5.38. The highest BCUT2D eigenvalue weighted by molar-refractivity contribution is 9.10. The summed E-state index contributed by atoms with van der Waals surface area (Å²) >= 11 is 3.17. The van der Waals surface area contributed by atoms with Crippen LogP contribution in [-0.4, -0.2) is 23.5 Å². The molecule has 1 unspecified atom stereocenters. The molecule has 0 aliphatic rings. The topological polar surface area (TPSA) is 66.4 Å². The molecule has 1 aromatic rings. The van der Waals surface area contributed by atoms with Crippen molar-refractivity contribution in [3.8, 4) is 0 Å². The van der Waals surface area contributed by atoms with Crippen molar-refractivity contribution in [3.05, 3.63) is 34.1 Å². The third-order valence-corrected chi connectivity index (χ3v) is 3.13. The molecule has 0 saturated carbocycles. The molecule has 0 bridgehead atoms. The maximum Gasteiger partial charge on any atom is 0.303 e. The Balaban J connectivity index is 2.51. The van der Waals surface area contributed by atoms with Gasteiger partial charge in [0.2, 0.25) is 0 Å². The largest absolute Gasteiger partial charge is 0.481 e. The highest BCUT2D eigenvalue weighted by atomic mass is 79.9. The molecule has 0 fully saturated rings. The summed E-state index contributed by atoms with van der Waals surface area (Å²) in [6.45, 7) is 2.15. The van der Waals surface area contributed by atoms with E-state index in [-0.39, 0.29) is 17.9 Å². The van der Waals surface area contributed by atoms with Crippen LogP contribution in [0.25, 0.3) is 0 Å². The second kappa shape index (κ2) is 7.23. The van der Waals surface area contributed by atoms with Crippen LogP contribution in [0.15, 0.2) is 22.7 Å². The van der Waals surface area contributed by atoms with Crippen LogP contribution >= 0.6 is 15.9 Å². The van der Waals surface area contributed by atoms with Gasteiger partial charge >= 0.3 is 5.97 Å². The van der Waals surface area contributed by atoms with Crippen molar-refractivity contribution < 1.29 is 19.1 Å². The molecule has 0 heterocycles. The highest BCUT2D eigenvalue weighted by Gasteiger charge is 2.13. The summed E-state index contributed by atoms with van der Waals surface area (Å²) in [6, 6.07) is 4.14. The summed E-state index contributed by atoms with van der Waals surface area (Å²) in [5.41, 5.74) is -0.0280. The van der Waals surface area contributed by atoms with Crippen molar-refractivity contribution >= 4 is 27.8 Å². The van der Waals surface area contributed by atoms with Crippen LogP contribution in [0.5, 0.6) is 0 Å². The van der Waals surface area contributed by atoms with Gasteiger partial charge in [0.1, 0.15) is 5.82 Å². The minimum atomic E-state index is -0.865. The molecule has 4 nitrogen and oxygen atoms in total.